The van der Waals surface area contributed by atoms with Gasteiger partial charge in [-0.2, -0.15) is 0 Å². The molecule has 2 rings (SSSR count). The van der Waals surface area contributed by atoms with Crippen LogP contribution in [-0.2, 0) is 11.3 Å². The van der Waals surface area contributed by atoms with Crippen LogP contribution in [0.2, 0.25) is 0 Å². The number of hydrogen-bond acceptors (Lipinski definition) is 8. The summed E-state index contributed by atoms with van der Waals surface area (Å²) in [4.78, 5) is 16.6. The summed E-state index contributed by atoms with van der Waals surface area (Å²) in [6.07, 6.45) is 0.385. The number of carbonyl (C=O) groups is 1. The van der Waals surface area contributed by atoms with Gasteiger partial charge in [0, 0.05) is 0 Å². The van der Waals surface area contributed by atoms with Gasteiger partial charge in [0.05, 0.1) is 24.7 Å². The average molecular weight is 335 g/mol. The van der Waals surface area contributed by atoms with Crippen LogP contribution in [0, 0.1) is 0 Å². The number of nitrogens with zero attached hydrogens (tertiary/aromatic N) is 1. The number of methoxy groups -OCH3 is 1. The van der Waals surface area contributed by atoms with E-state index < -0.39 is 5.97 Å². The maximum Gasteiger partial charge on any atom is 0.343 e. The summed E-state index contributed by atoms with van der Waals surface area (Å²) in [7, 11) is 1.38. The lowest BCUT2D eigenvalue weighted by atomic mass is 10.1. The van der Waals surface area contributed by atoms with Crippen molar-refractivity contribution in [3.63, 3.8) is 0 Å². The molecule has 0 aliphatic rings. The second kappa shape index (κ2) is 8.27. The quantitative estimate of drug-likeness (QED) is 0.401. The molecule has 0 bridgehead atoms. The van der Waals surface area contributed by atoms with Crippen LogP contribution in [0.1, 0.15) is 15.9 Å². The highest BCUT2D eigenvalue weighted by atomic mass is 17.1. The van der Waals surface area contributed by atoms with Gasteiger partial charge >= 0.3 is 5.97 Å². The van der Waals surface area contributed by atoms with Gasteiger partial charge in [-0.1, -0.05) is 12.1 Å². The third-order valence-electron chi connectivity index (χ3n) is 3.12. The zero-order chi connectivity index (χ0) is 17.5. The van der Waals surface area contributed by atoms with Gasteiger partial charge in [0.15, 0.2) is 11.5 Å². The van der Waals surface area contributed by atoms with Gasteiger partial charge in [-0.15, -0.1) is 0 Å². The number of phenols is 1. The molecule has 2 aromatic carbocycles. The molecular weight excluding hydrogens is 318 g/mol. The Bertz CT molecular complexity index is 703. The first kappa shape index (κ1) is 17.7. The molecule has 3 N–H and O–H groups in total. The van der Waals surface area contributed by atoms with Gasteiger partial charge in [0.1, 0.15) is 5.75 Å². The van der Waals surface area contributed by atoms with Crippen LogP contribution in [0.5, 0.6) is 17.2 Å². The topological polar surface area (TPSA) is 109 Å². The normalized spacial score (nSPS) is 10.7. The van der Waals surface area contributed by atoms with Crippen LogP contribution < -0.4 is 9.47 Å². The molecule has 8 nitrogen and oxygen atoms in total. The Kier molecular flexibility index (Phi) is 6.10. The number of hydrogen-bond donors (Lipinski definition) is 3. The lowest BCUT2D eigenvalue weighted by Crippen LogP contribution is -2.16. The standard InChI is InChI=1S/C16H17NO7/c1-22-15-10-12(5-6-14(15)18)16(19)24-13-4-2-3-11(9-13)7-8-23-17(20)21/h2-6,9-10,18,20-21H,7-8H2,1H3. The molecule has 0 aliphatic heterocycles. The van der Waals surface area contributed by atoms with Crippen molar-refractivity contribution in [2.24, 2.45) is 0 Å². The van der Waals surface area contributed by atoms with E-state index in [0.29, 0.717) is 12.2 Å². The zero-order valence-corrected chi connectivity index (χ0v) is 12.9. The van der Waals surface area contributed by atoms with Crippen LogP contribution in [0.15, 0.2) is 42.5 Å². The Balaban J connectivity index is 2.03. The Labute approximate surface area is 137 Å². The summed E-state index contributed by atoms with van der Waals surface area (Å²) in [6, 6.07) is 10.9. The number of esters is 1. The molecular formula is C16H17NO7. The lowest BCUT2D eigenvalue weighted by Gasteiger charge is -2.09. The SMILES string of the molecule is COc1cc(C(=O)Oc2cccc(CCON(O)O)c2)ccc1O. The van der Waals surface area contributed by atoms with Crippen LogP contribution in [0.4, 0.5) is 0 Å². The molecule has 0 unspecified atom stereocenters. The number of rotatable bonds is 7. The van der Waals surface area contributed by atoms with Crippen LogP contribution in [0.3, 0.4) is 0 Å². The van der Waals surface area contributed by atoms with E-state index in [1.807, 2.05) is 0 Å². The minimum absolute atomic E-state index is 0.0412. The molecule has 2 aromatic rings. The maximum absolute atomic E-state index is 12.2. The van der Waals surface area contributed by atoms with Crippen molar-refractivity contribution in [1.82, 2.24) is 5.39 Å². The Morgan fingerprint density at radius 2 is 1.96 bits per heavy atom. The van der Waals surface area contributed by atoms with Crippen LogP contribution in [0.25, 0.3) is 0 Å². The van der Waals surface area contributed by atoms with Gasteiger partial charge in [-0.25, -0.2) is 4.79 Å². The van der Waals surface area contributed by atoms with E-state index in [-0.39, 0.29) is 29.1 Å². The van der Waals surface area contributed by atoms with Crippen LogP contribution in [-0.4, -0.2) is 40.6 Å². The van der Waals surface area contributed by atoms with Crippen LogP contribution >= 0.6 is 0 Å². The highest BCUT2D eigenvalue weighted by molar-refractivity contribution is 5.91. The Hall–Kier alpha value is -2.65. The lowest BCUT2D eigenvalue weighted by molar-refractivity contribution is -0.492. The molecule has 0 aromatic heterocycles. The highest BCUT2D eigenvalue weighted by Crippen LogP contribution is 2.27. The molecule has 0 atom stereocenters. The Morgan fingerprint density at radius 1 is 1.17 bits per heavy atom. The summed E-state index contributed by atoms with van der Waals surface area (Å²) in [5.41, 5.74) is 1.01. The largest absolute Gasteiger partial charge is 0.504 e. The number of phenolic OH excluding ortho intramolecular Hbond substituents is 1. The molecule has 0 spiro atoms. The van der Waals surface area contributed by atoms with E-state index in [2.05, 4.69) is 4.84 Å². The first-order valence-corrected chi connectivity index (χ1v) is 6.98. The van der Waals surface area contributed by atoms with Gasteiger partial charge in [-0.3, -0.25) is 15.3 Å². The summed E-state index contributed by atoms with van der Waals surface area (Å²) >= 11 is 0. The molecule has 0 heterocycles. The average Bonchev–Trinajstić information content (AvgIpc) is 2.55. The summed E-state index contributed by atoms with van der Waals surface area (Å²) in [5, 5.41) is 26.1. The third-order valence-corrected chi connectivity index (χ3v) is 3.12. The molecule has 0 fully saturated rings. The monoisotopic (exact) mass is 335 g/mol. The minimum atomic E-state index is -0.599. The van der Waals surface area contributed by atoms with Gasteiger partial charge in [-0.05, 0) is 42.3 Å². The van der Waals surface area contributed by atoms with E-state index >= 15 is 0 Å². The predicted octanol–water partition coefficient (Wildman–Crippen LogP) is 2.17. The van der Waals surface area contributed by atoms with E-state index in [9.17, 15) is 9.90 Å². The van der Waals surface area contributed by atoms with E-state index in [1.54, 1.807) is 24.3 Å². The van der Waals surface area contributed by atoms with Crippen molar-refractivity contribution >= 4 is 5.97 Å². The number of aromatic hydroxyl groups is 1. The zero-order valence-electron chi connectivity index (χ0n) is 12.9. The second-order valence-corrected chi connectivity index (χ2v) is 4.76. The number of ether oxygens (including phenoxy) is 2. The summed E-state index contributed by atoms with van der Waals surface area (Å²) < 4.78 is 10.2. The fourth-order valence-electron chi connectivity index (χ4n) is 1.98. The molecule has 0 saturated heterocycles. The third kappa shape index (κ3) is 4.93. The van der Waals surface area contributed by atoms with E-state index in [1.165, 1.54) is 25.3 Å². The fraction of sp³-hybridized carbons (Fsp3) is 0.188. The number of benzene rings is 2. The van der Waals surface area contributed by atoms with E-state index in [4.69, 9.17) is 19.9 Å². The predicted molar refractivity (Wildman–Crippen MR) is 81.1 cm³/mol. The van der Waals surface area contributed by atoms with Gasteiger partial charge < -0.3 is 14.6 Å². The summed E-state index contributed by atoms with van der Waals surface area (Å²) in [5.74, 6) is -0.168. The molecule has 0 aliphatic carbocycles. The molecule has 0 amide bonds. The molecule has 0 radical (unpaired) electrons. The highest BCUT2D eigenvalue weighted by Gasteiger charge is 2.12. The first-order chi connectivity index (χ1) is 11.5. The van der Waals surface area contributed by atoms with Crippen molar-refractivity contribution < 1.29 is 34.6 Å². The fourth-order valence-corrected chi connectivity index (χ4v) is 1.98. The maximum atomic E-state index is 12.2. The van der Waals surface area contributed by atoms with Crippen molar-refractivity contribution in [2.45, 2.75) is 6.42 Å². The number of carbonyl (C=O) groups excluding carboxylic acids is 1. The Morgan fingerprint density at radius 3 is 2.67 bits per heavy atom. The smallest absolute Gasteiger partial charge is 0.343 e. The minimum Gasteiger partial charge on any atom is -0.504 e. The molecule has 128 valence electrons. The molecule has 0 saturated carbocycles. The van der Waals surface area contributed by atoms with Crippen molar-refractivity contribution in [2.75, 3.05) is 13.7 Å². The van der Waals surface area contributed by atoms with Crippen molar-refractivity contribution in [1.29, 1.82) is 0 Å². The molecule has 24 heavy (non-hydrogen) atoms. The first-order valence-electron chi connectivity index (χ1n) is 6.98. The second-order valence-electron chi connectivity index (χ2n) is 4.76. The molecule has 8 heteroatoms. The van der Waals surface area contributed by atoms with Gasteiger partial charge in [0.25, 0.3) is 0 Å². The van der Waals surface area contributed by atoms with Gasteiger partial charge in [0.2, 0.25) is 0 Å². The van der Waals surface area contributed by atoms with Crippen molar-refractivity contribution in [3.8, 4) is 17.2 Å². The van der Waals surface area contributed by atoms with Crippen molar-refractivity contribution in [3.05, 3.63) is 53.6 Å². The van der Waals surface area contributed by atoms with E-state index in [0.717, 1.165) is 5.56 Å². The summed E-state index contributed by atoms with van der Waals surface area (Å²) in [6.45, 7) is 0.0412.